The van der Waals surface area contributed by atoms with Crippen molar-refractivity contribution in [3.05, 3.63) is 24.3 Å². The molecule has 0 spiro atoms. The summed E-state index contributed by atoms with van der Waals surface area (Å²) < 4.78 is 10.3. The maximum atomic E-state index is 10.3. The van der Waals surface area contributed by atoms with Crippen molar-refractivity contribution in [1.82, 2.24) is 5.32 Å². The second kappa shape index (κ2) is 5.27. The molecule has 2 aliphatic heterocycles. The molecule has 0 aromatic rings. The zero-order chi connectivity index (χ0) is 7.94. The lowest BCUT2D eigenvalue weighted by atomic mass is 10.6. The van der Waals surface area contributed by atoms with Gasteiger partial charge in [-0.2, -0.15) is 0 Å². The number of nitrogens with one attached hydrogen (secondary N) is 1. The van der Waals surface area contributed by atoms with Crippen molar-refractivity contribution in [3.63, 3.8) is 0 Å². The van der Waals surface area contributed by atoms with Crippen LogP contribution < -0.4 is 5.32 Å². The van der Waals surface area contributed by atoms with Crippen molar-refractivity contribution in [1.29, 1.82) is 0 Å². The van der Waals surface area contributed by atoms with Gasteiger partial charge in [0.05, 0.1) is 0 Å². The molecule has 0 aromatic carbocycles. The Hall–Kier alpha value is -0.410. The summed E-state index contributed by atoms with van der Waals surface area (Å²) in [6.45, 7) is 2.14. The number of hydrogen-bond acceptors (Lipinski definition) is 2. The molecule has 2 nitrogen and oxygen atoms in total. The highest BCUT2D eigenvalue weighted by molar-refractivity contribution is 7.85. The maximum absolute atomic E-state index is 10.3. The monoisotopic (exact) mass is 171 g/mol. The first-order chi connectivity index (χ1) is 5.39. The van der Waals surface area contributed by atoms with Gasteiger partial charge in [-0.1, -0.05) is 24.3 Å². The van der Waals surface area contributed by atoms with Crippen LogP contribution in [0.3, 0.4) is 0 Å². The van der Waals surface area contributed by atoms with Gasteiger partial charge in [0, 0.05) is 35.4 Å². The first-order valence-electron chi connectivity index (χ1n) is 3.75. The van der Waals surface area contributed by atoms with Crippen LogP contribution in [0.2, 0.25) is 0 Å². The lowest BCUT2D eigenvalue weighted by molar-refractivity contribution is 0.688. The van der Waals surface area contributed by atoms with Gasteiger partial charge in [0.25, 0.3) is 0 Å². The number of hydrogen-bond donors (Lipinski definition) is 1. The van der Waals surface area contributed by atoms with E-state index < -0.39 is 10.8 Å². The lowest BCUT2D eigenvalue weighted by Crippen LogP contribution is -2.04. The quantitative estimate of drug-likeness (QED) is 0.536. The van der Waals surface area contributed by atoms with Gasteiger partial charge in [-0.15, -0.1) is 0 Å². The molecule has 2 aliphatic rings. The molecule has 11 heavy (non-hydrogen) atoms. The normalized spacial score (nSPS) is 21.8. The Morgan fingerprint density at radius 3 is 1.73 bits per heavy atom. The van der Waals surface area contributed by atoms with Crippen molar-refractivity contribution in [2.45, 2.75) is 0 Å². The summed E-state index contributed by atoms with van der Waals surface area (Å²) in [7, 11) is -0.534. The highest BCUT2D eigenvalue weighted by Crippen LogP contribution is 1.92. The van der Waals surface area contributed by atoms with Crippen LogP contribution in [0.1, 0.15) is 0 Å². The molecule has 0 bridgehead atoms. The van der Waals surface area contributed by atoms with Gasteiger partial charge in [0.2, 0.25) is 0 Å². The van der Waals surface area contributed by atoms with Crippen molar-refractivity contribution in [2.24, 2.45) is 0 Å². The third-order valence-electron chi connectivity index (χ3n) is 1.42. The zero-order valence-corrected chi connectivity index (χ0v) is 7.27. The van der Waals surface area contributed by atoms with Crippen LogP contribution in [0.25, 0.3) is 0 Å². The molecular weight excluding hydrogens is 158 g/mol. The fourth-order valence-corrected chi connectivity index (χ4v) is 1.67. The van der Waals surface area contributed by atoms with E-state index in [4.69, 9.17) is 0 Å². The summed E-state index contributed by atoms with van der Waals surface area (Å²) in [6, 6.07) is 0. The van der Waals surface area contributed by atoms with E-state index in [1.807, 2.05) is 12.2 Å². The molecule has 0 unspecified atom stereocenters. The van der Waals surface area contributed by atoms with Crippen LogP contribution in [0.4, 0.5) is 0 Å². The Morgan fingerprint density at radius 2 is 1.55 bits per heavy atom. The van der Waals surface area contributed by atoms with Gasteiger partial charge in [-0.3, -0.25) is 4.21 Å². The van der Waals surface area contributed by atoms with Crippen LogP contribution in [-0.2, 0) is 10.8 Å². The van der Waals surface area contributed by atoms with Crippen molar-refractivity contribution < 1.29 is 4.21 Å². The van der Waals surface area contributed by atoms with E-state index in [1.165, 1.54) is 0 Å². The molecule has 0 fully saturated rings. The van der Waals surface area contributed by atoms with E-state index in [0.717, 1.165) is 24.6 Å². The third kappa shape index (κ3) is 4.11. The Labute approximate surface area is 69.8 Å². The standard InChI is InChI=1S/C4H7N.C4H6OS/c1-2-4-5-3-1;5-6-3-1-2-4-6/h1-2,5H,3-4H2;1-2H,3-4H2. The van der Waals surface area contributed by atoms with E-state index >= 15 is 0 Å². The minimum Gasteiger partial charge on any atom is -0.310 e. The molecule has 0 saturated heterocycles. The fourth-order valence-electron chi connectivity index (χ4n) is 0.835. The summed E-state index contributed by atoms with van der Waals surface area (Å²) >= 11 is 0. The van der Waals surface area contributed by atoms with Crippen molar-refractivity contribution >= 4 is 10.8 Å². The van der Waals surface area contributed by atoms with E-state index in [9.17, 15) is 4.21 Å². The molecule has 2 rings (SSSR count). The Kier molecular flexibility index (Phi) is 4.16. The Morgan fingerprint density at radius 1 is 1.00 bits per heavy atom. The first kappa shape index (κ1) is 8.68. The topological polar surface area (TPSA) is 29.1 Å². The van der Waals surface area contributed by atoms with E-state index in [-0.39, 0.29) is 0 Å². The lowest BCUT2D eigenvalue weighted by Gasteiger charge is -1.77. The van der Waals surface area contributed by atoms with Gasteiger partial charge in [0.15, 0.2) is 0 Å². The SMILES string of the molecule is C1=CCNC1.O=S1CC=CC1. The van der Waals surface area contributed by atoms with E-state index in [1.54, 1.807) is 0 Å². The molecular formula is C8H13NOS. The molecule has 0 radical (unpaired) electrons. The van der Waals surface area contributed by atoms with E-state index in [2.05, 4.69) is 17.5 Å². The van der Waals surface area contributed by atoms with Gasteiger partial charge in [-0.25, -0.2) is 0 Å². The highest BCUT2D eigenvalue weighted by Gasteiger charge is 1.97. The number of rotatable bonds is 0. The second-order valence-corrected chi connectivity index (χ2v) is 3.92. The van der Waals surface area contributed by atoms with Crippen molar-refractivity contribution in [2.75, 3.05) is 24.6 Å². The summed E-state index contributed by atoms with van der Waals surface area (Å²) in [5.74, 6) is 1.56. The average Bonchev–Trinajstić information content (AvgIpc) is 2.57. The van der Waals surface area contributed by atoms with Crippen LogP contribution in [-0.4, -0.2) is 28.8 Å². The Bertz CT molecular complexity index is 171. The molecule has 1 N–H and O–H groups in total. The highest BCUT2D eigenvalue weighted by atomic mass is 32.2. The second-order valence-electron chi connectivity index (χ2n) is 2.37. The predicted molar refractivity (Wildman–Crippen MR) is 49.0 cm³/mol. The third-order valence-corrected chi connectivity index (χ3v) is 2.55. The summed E-state index contributed by atoms with van der Waals surface area (Å²) in [5, 5.41) is 3.11. The summed E-state index contributed by atoms with van der Waals surface area (Å²) in [4.78, 5) is 0. The van der Waals surface area contributed by atoms with Crippen LogP contribution in [0, 0.1) is 0 Å². The van der Waals surface area contributed by atoms with Crippen LogP contribution >= 0.6 is 0 Å². The molecule has 2 heterocycles. The van der Waals surface area contributed by atoms with Gasteiger partial charge in [-0.05, 0) is 0 Å². The maximum Gasteiger partial charge on any atom is 0.0418 e. The van der Waals surface area contributed by atoms with E-state index in [0.29, 0.717) is 0 Å². The molecule has 3 heteroatoms. The predicted octanol–water partition coefficient (Wildman–Crippen LogP) is 0.451. The van der Waals surface area contributed by atoms with Crippen LogP contribution in [0.5, 0.6) is 0 Å². The fraction of sp³-hybridized carbons (Fsp3) is 0.500. The molecule has 0 amide bonds. The minimum atomic E-state index is -0.534. The Balaban J connectivity index is 0.000000112. The molecule has 62 valence electrons. The smallest absolute Gasteiger partial charge is 0.0418 e. The first-order valence-corrected chi connectivity index (χ1v) is 5.24. The molecule has 0 aliphatic carbocycles. The van der Waals surface area contributed by atoms with Gasteiger partial charge >= 0.3 is 0 Å². The largest absolute Gasteiger partial charge is 0.310 e. The summed E-state index contributed by atoms with van der Waals surface area (Å²) in [5.41, 5.74) is 0. The zero-order valence-electron chi connectivity index (χ0n) is 6.45. The molecule has 0 aromatic heterocycles. The molecule has 0 saturated carbocycles. The minimum absolute atomic E-state index is 0.534. The van der Waals surface area contributed by atoms with Gasteiger partial charge in [0.1, 0.15) is 0 Å². The van der Waals surface area contributed by atoms with Crippen molar-refractivity contribution in [3.8, 4) is 0 Å². The van der Waals surface area contributed by atoms with Crippen LogP contribution in [0.15, 0.2) is 24.3 Å². The van der Waals surface area contributed by atoms with Gasteiger partial charge < -0.3 is 5.32 Å². The summed E-state index contributed by atoms with van der Waals surface area (Å²) in [6.07, 6.45) is 8.16. The molecule has 0 atom stereocenters. The average molecular weight is 171 g/mol.